The van der Waals surface area contributed by atoms with Crippen molar-refractivity contribution in [2.24, 2.45) is 0 Å². The van der Waals surface area contributed by atoms with E-state index in [9.17, 15) is 0 Å². The molecule has 0 spiro atoms. The van der Waals surface area contributed by atoms with Gasteiger partial charge < -0.3 is 4.42 Å². The van der Waals surface area contributed by atoms with E-state index in [1.165, 1.54) is 53.1 Å². The summed E-state index contributed by atoms with van der Waals surface area (Å²) in [6.45, 7) is 7.28. The van der Waals surface area contributed by atoms with E-state index in [0.29, 0.717) is 27.6 Å². The number of furan rings is 1. The summed E-state index contributed by atoms with van der Waals surface area (Å²) in [6, 6.07) is 81.1. The first kappa shape index (κ1) is 47.8. The Morgan fingerprint density at radius 3 is 1.62 bits per heavy atom. The maximum atomic E-state index is 8.93. The van der Waals surface area contributed by atoms with Gasteiger partial charge in [0.15, 0.2) is 17.3 Å². The summed E-state index contributed by atoms with van der Waals surface area (Å²) in [5, 5.41) is 13.2. The number of rotatable bonds is 6. The van der Waals surface area contributed by atoms with E-state index in [2.05, 4.69) is 166 Å². The number of thiophene rings is 2. The minimum Gasteiger partial charge on any atom is -0.436 e. The third kappa shape index (κ3) is 8.54. The van der Waals surface area contributed by atoms with Crippen LogP contribution in [0.2, 0.25) is 0 Å². The van der Waals surface area contributed by atoms with E-state index >= 15 is 0 Å². The minimum absolute atomic E-state index is 0.000151. The highest BCUT2D eigenvalue weighted by Gasteiger charge is 2.25. The molecule has 20 aromatic rings. The fourth-order valence-corrected chi connectivity index (χ4v) is 15.6. The van der Waals surface area contributed by atoms with E-state index in [0.717, 1.165) is 110 Å². The summed E-state index contributed by atoms with van der Waals surface area (Å²) in [5.74, 6) is 1.15. The normalized spacial score (nSPS) is 12.6. The SMILES string of the molecule is [2H]c1c([2H])c([2H])c(-c2nc3sc4cc(-c5ccc([N+]#[C-])cc5)ccc4c3nc2-n2c3ccccc3c3cc4ccccc4cc32)c([2H])c1[2H].c1ccc(-c2ccc3c(c2)oc2nc(-c4ccc5c(c4)sc4ccccc45)c(-n4c5ccccc5c5cc6ccccc6cc54)nc23)nc1. The van der Waals surface area contributed by atoms with Gasteiger partial charge in [-0.2, -0.15) is 0 Å². The van der Waals surface area contributed by atoms with Crippen LogP contribution in [0, 0.1) is 6.57 Å². The summed E-state index contributed by atoms with van der Waals surface area (Å²) < 4.78 is 57.3. The number of pyridine rings is 1. The van der Waals surface area contributed by atoms with Gasteiger partial charge in [-0.15, -0.1) is 22.7 Å². The van der Waals surface area contributed by atoms with Crippen LogP contribution in [-0.4, -0.2) is 34.1 Å². The second kappa shape index (κ2) is 20.9. The van der Waals surface area contributed by atoms with Gasteiger partial charge in [-0.25, -0.2) is 24.8 Å². The van der Waals surface area contributed by atoms with Gasteiger partial charge in [0.05, 0.1) is 41.2 Å². The van der Waals surface area contributed by atoms with Crippen LogP contribution in [0.25, 0.3) is 189 Å². The zero-order valence-electron chi connectivity index (χ0n) is 54.0. The quantitative estimate of drug-likeness (QED) is 0.154. The van der Waals surface area contributed by atoms with Crippen molar-refractivity contribution in [3.8, 4) is 56.5 Å². The van der Waals surface area contributed by atoms with Crippen molar-refractivity contribution in [2.45, 2.75) is 0 Å². The van der Waals surface area contributed by atoms with Gasteiger partial charge in [-0.05, 0) is 112 Å². The van der Waals surface area contributed by atoms with Crippen LogP contribution in [0.3, 0.4) is 0 Å². The van der Waals surface area contributed by atoms with Gasteiger partial charge in [-0.3, -0.25) is 14.1 Å². The predicted molar refractivity (Wildman–Crippen MR) is 387 cm³/mol. The second-order valence-electron chi connectivity index (χ2n) is 23.0. The van der Waals surface area contributed by atoms with E-state index in [-0.39, 0.29) is 23.3 Å². The van der Waals surface area contributed by atoms with Gasteiger partial charge in [0, 0.05) is 80.1 Å². The van der Waals surface area contributed by atoms with Crippen LogP contribution in [0.4, 0.5) is 5.69 Å². The van der Waals surface area contributed by atoms with Crippen molar-refractivity contribution in [2.75, 3.05) is 0 Å². The zero-order valence-corrected chi connectivity index (χ0v) is 50.6. The standard InChI is InChI=1S/C43H24N4OS.C39H22N4S/c1-2-10-26-22-36-33(21-25(26)9-1)29-11-3-5-14-35(29)47(36)42-40(28-17-18-31-30-12-4-6-15-38(30)49-39(31)24-28)46-43-41(45-42)32-19-16-27(23-37(32)48-43)34-13-7-8-20-44-34;1-40-29-18-15-24(16-19-29)28-17-20-31-35(23-28)44-39-37(31)41-38(36(42-39)25-9-3-2-4-10-25)43-33-14-8-7-13-30(33)32-21-26-11-5-6-12-27(26)22-34(32)43/h1-24H;2-23H/i;2D,3D,4D,9D,10D. The highest BCUT2D eigenvalue weighted by molar-refractivity contribution is 7.26. The maximum Gasteiger partial charge on any atom is 0.247 e. The number of hydrogen-bond donors (Lipinski definition) is 0. The molecule has 8 aromatic heterocycles. The number of benzene rings is 12. The first-order valence-corrected chi connectivity index (χ1v) is 31.9. The van der Waals surface area contributed by atoms with Crippen LogP contribution in [0.1, 0.15) is 6.85 Å². The molecule has 0 aliphatic heterocycles. The lowest BCUT2D eigenvalue weighted by Gasteiger charge is -2.13. The average molecular weight is 1230 g/mol. The Morgan fingerprint density at radius 2 is 0.935 bits per heavy atom. The molecular weight excluding hydrogens is 1180 g/mol. The topological polar surface area (TPSA) is 91.8 Å². The minimum atomic E-state index is -0.462. The predicted octanol–water partition coefficient (Wildman–Crippen LogP) is 22.7. The first-order valence-electron chi connectivity index (χ1n) is 32.8. The van der Waals surface area contributed by atoms with E-state index < -0.39 is 18.1 Å². The number of hydrogen-bond acceptors (Lipinski definition) is 8. The molecule has 0 aliphatic carbocycles. The summed E-state index contributed by atoms with van der Waals surface area (Å²) in [4.78, 5) is 29.8. The zero-order chi connectivity index (χ0) is 65.6. The van der Waals surface area contributed by atoms with Crippen LogP contribution >= 0.6 is 22.7 Å². The molecule has 0 fully saturated rings. The molecule has 20 rings (SSSR count). The van der Waals surface area contributed by atoms with Gasteiger partial charge in [0.2, 0.25) is 5.71 Å². The molecule has 9 nitrogen and oxygen atoms in total. The smallest absolute Gasteiger partial charge is 0.247 e. The molecule has 0 bridgehead atoms. The molecule has 93 heavy (non-hydrogen) atoms. The summed E-state index contributed by atoms with van der Waals surface area (Å²) in [6.07, 6.45) is 1.81. The lowest BCUT2D eigenvalue weighted by Crippen LogP contribution is -2.03. The molecule has 0 radical (unpaired) electrons. The number of nitrogens with zero attached hydrogens (tertiary/aromatic N) is 8. The molecule has 0 atom stereocenters. The van der Waals surface area contributed by atoms with Crippen molar-refractivity contribution >= 4 is 156 Å². The molecule has 12 aromatic carbocycles. The van der Waals surface area contributed by atoms with Crippen molar-refractivity contribution in [3.63, 3.8) is 0 Å². The van der Waals surface area contributed by atoms with Gasteiger partial charge in [0.25, 0.3) is 0 Å². The van der Waals surface area contributed by atoms with Crippen molar-refractivity contribution in [1.82, 2.24) is 34.1 Å². The Bertz CT molecular complexity index is 6820. The Hall–Kier alpha value is -12.2. The molecule has 0 unspecified atom stereocenters. The van der Waals surface area contributed by atoms with E-state index in [1.807, 2.05) is 89.6 Å². The van der Waals surface area contributed by atoms with E-state index in [1.54, 1.807) is 23.5 Å². The lowest BCUT2D eigenvalue weighted by molar-refractivity contribution is 0.653. The van der Waals surface area contributed by atoms with Crippen LogP contribution in [0.5, 0.6) is 0 Å². The van der Waals surface area contributed by atoms with Crippen LogP contribution in [-0.2, 0) is 0 Å². The van der Waals surface area contributed by atoms with E-state index in [4.69, 9.17) is 37.8 Å². The maximum absolute atomic E-state index is 8.93. The van der Waals surface area contributed by atoms with Gasteiger partial charge in [0.1, 0.15) is 32.8 Å². The monoisotopic (exact) mass is 1230 g/mol. The summed E-state index contributed by atoms with van der Waals surface area (Å²) in [7, 11) is 0. The molecule has 0 saturated carbocycles. The van der Waals surface area contributed by atoms with Crippen LogP contribution < -0.4 is 0 Å². The fourth-order valence-electron chi connectivity index (χ4n) is 13.4. The van der Waals surface area contributed by atoms with Gasteiger partial charge in [-0.1, -0.05) is 194 Å². The molecular formula is C82H46N8OS2. The second-order valence-corrected chi connectivity index (χ2v) is 25.2. The summed E-state index contributed by atoms with van der Waals surface area (Å²) >= 11 is 3.24. The Kier molecular flexibility index (Phi) is 10.8. The number of aromatic nitrogens is 7. The molecule has 0 amide bonds. The Labute approximate surface area is 545 Å². The molecule has 0 saturated heterocycles. The number of para-hydroxylation sites is 2. The average Bonchev–Trinajstić information content (AvgIpc) is 1.55. The van der Waals surface area contributed by atoms with Gasteiger partial charge >= 0.3 is 0 Å². The first-order chi connectivity index (χ1) is 48.1. The third-order valence-electron chi connectivity index (χ3n) is 17.8. The number of fused-ring (bicyclic) bond motifs is 17. The highest BCUT2D eigenvalue weighted by atomic mass is 32.1. The highest BCUT2D eigenvalue weighted by Crippen LogP contribution is 2.44. The fraction of sp³-hybridized carbons (Fsp3) is 0. The third-order valence-corrected chi connectivity index (χ3v) is 19.9. The molecule has 432 valence electrons. The molecule has 0 N–H and O–H groups in total. The largest absolute Gasteiger partial charge is 0.436 e. The lowest BCUT2D eigenvalue weighted by atomic mass is 10.0. The van der Waals surface area contributed by atoms with Crippen LogP contribution in [0.15, 0.2) is 283 Å². The van der Waals surface area contributed by atoms with Crippen molar-refractivity contribution < 1.29 is 11.3 Å². The van der Waals surface area contributed by atoms with Crippen molar-refractivity contribution in [3.05, 3.63) is 290 Å². The Balaban J connectivity index is 0.000000137. The Morgan fingerprint density at radius 1 is 0.387 bits per heavy atom. The molecule has 0 aliphatic rings. The molecule has 11 heteroatoms. The summed E-state index contributed by atoms with van der Waals surface area (Å²) in [5.41, 5.74) is 12.9. The van der Waals surface area contributed by atoms with Crippen molar-refractivity contribution in [1.29, 1.82) is 0 Å². The molecule has 8 heterocycles.